The van der Waals surface area contributed by atoms with Crippen LogP contribution < -0.4 is 10.6 Å². The first-order chi connectivity index (χ1) is 10.6. The maximum atomic E-state index is 4.52. The first-order valence-corrected chi connectivity index (χ1v) is 8.25. The molecular formula is C15H25IN6S. The van der Waals surface area contributed by atoms with Crippen molar-refractivity contribution in [3.8, 4) is 0 Å². The van der Waals surface area contributed by atoms with Gasteiger partial charge in [0.2, 0.25) is 0 Å². The fourth-order valence-corrected chi connectivity index (χ4v) is 2.97. The van der Waals surface area contributed by atoms with E-state index in [1.165, 1.54) is 10.4 Å². The molecule has 0 aliphatic carbocycles. The van der Waals surface area contributed by atoms with Crippen molar-refractivity contribution >= 4 is 41.3 Å². The fraction of sp³-hybridized carbons (Fsp3) is 0.533. The van der Waals surface area contributed by atoms with E-state index in [9.17, 15) is 0 Å². The van der Waals surface area contributed by atoms with E-state index in [4.69, 9.17) is 0 Å². The number of hydrogen-bond acceptors (Lipinski definition) is 4. The van der Waals surface area contributed by atoms with Crippen LogP contribution in [0.3, 0.4) is 0 Å². The highest BCUT2D eigenvalue weighted by Crippen LogP contribution is 2.15. The summed E-state index contributed by atoms with van der Waals surface area (Å²) in [5, 5.41) is 11.9. The van der Waals surface area contributed by atoms with Crippen molar-refractivity contribution in [3.63, 3.8) is 0 Å². The molecule has 2 rings (SSSR count). The molecule has 0 spiro atoms. The van der Waals surface area contributed by atoms with Crippen LogP contribution in [0.15, 0.2) is 17.4 Å². The van der Waals surface area contributed by atoms with Crippen LogP contribution in [0.1, 0.15) is 27.6 Å². The summed E-state index contributed by atoms with van der Waals surface area (Å²) in [6.07, 6.45) is 6.03. The van der Waals surface area contributed by atoms with Crippen molar-refractivity contribution in [2.45, 2.75) is 33.2 Å². The molecular weight excluding hydrogens is 423 g/mol. The van der Waals surface area contributed by atoms with Gasteiger partial charge in [0.1, 0.15) is 5.01 Å². The van der Waals surface area contributed by atoms with Crippen LogP contribution in [0.2, 0.25) is 0 Å². The van der Waals surface area contributed by atoms with Gasteiger partial charge in [0.05, 0.1) is 18.4 Å². The third kappa shape index (κ3) is 6.46. The summed E-state index contributed by atoms with van der Waals surface area (Å²) in [7, 11) is 3.73. The van der Waals surface area contributed by atoms with Crippen LogP contribution in [-0.2, 0) is 20.0 Å². The third-order valence-electron chi connectivity index (χ3n) is 3.40. The number of halogens is 1. The van der Waals surface area contributed by atoms with Crippen molar-refractivity contribution in [1.29, 1.82) is 0 Å². The van der Waals surface area contributed by atoms with E-state index in [-0.39, 0.29) is 24.0 Å². The number of aliphatic imine (C=N–C) groups is 1. The Balaban J connectivity index is 0.00000264. The van der Waals surface area contributed by atoms with E-state index in [2.05, 4.69) is 38.8 Å². The van der Waals surface area contributed by atoms with Gasteiger partial charge in [0, 0.05) is 31.7 Å². The van der Waals surface area contributed by atoms with Crippen molar-refractivity contribution in [2.75, 3.05) is 13.6 Å². The van der Waals surface area contributed by atoms with Gasteiger partial charge in [0.15, 0.2) is 5.96 Å². The predicted octanol–water partition coefficient (Wildman–Crippen LogP) is 2.41. The van der Waals surface area contributed by atoms with Crippen LogP contribution in [0.5, 0.6) is 0 Å². The first kappa shape index (κ1) is 19.9. The van der Waals surface area contributed by atoms with E-state index in [1.54, 1.807) is 18.4 Å². The number of nitrogens with one attached hydrogen (secondary N) is 2. The number of guanidine groups is 1. The van der Waals surface area contributed by atoms with Gasteiger partial charge in [0.25, 0.3) is 0 Å². The highest BCUT2D eigenvalue weighted by molar-refractivity contribution is 14.0. The Kier molecular flexibility index (Phi) is 8.53. The van der Waals surface area contributed by atoms with Gasteiger partial charge in [-0.1, -0.05) is 0 Å². The molecule has 2 aromatic heterocycles. The molecule has 0 atom stereocenters. The Hall–Kier alpha value is -1.16. The summed E-state index contributed by atoms with van der Waals surface area (Å²) in [4.78, 5) is 10.0. The van der Waals surface area contributed by atoms with Gasteiger partial charge in [-0.2, -0.15) is 5.10 Å². The second kappa shape index (κ2) is 9.86. The molecule has 0 amide bonds. The van der Waals surface area contributed by atoms with Crippen LogP contribution in [0.4, 0.5) is 0 Å². The molecule has 0 radical (unpaired) electrons. The Morgan fingerprint density at radius 2 is 2.13 bits per heavy atom. The highest BCUT2D eigenvalue weighted by Gasteiger charge is 2.04. The van der Waals surface area contributed by atoms with E-state index in [0.717, 1.165) is 36.0 Å². The predicted molar refractivity (Wildman–Crippen MR) is 107 cm³/mol. The summed E-state index contributed by atoms with van der Waals surface area (Å²) >= 11 is 1.73. The van der Waals surface area contributed by atoms with Crippen molar-refractivity contribution in [2.24, 2.45) is 12.0 Å². The zero-order valence-corrected chi connectivity index (χ0v) is 17.2. The fourth-order valence-electron chi connectivity index (χ4n) is 2.10. The molecule has 2 N–H and O–H groups in total. The lowest BCUT2D eigenvalue weighted by Crippen LogP contribution is -2.37. The number of nitrogens with zero attached hydrogens (tertiary/aromatic N) is 4. The smallest absolute Gasteiger partial charge is 0.191 e. The van der Waals surface area contributed by atoms with Crippen molar-refractivity contribution in [1.82, 2.24) is 25.4 Å². The molecule has 8 heteroatoms. The molecule has 2 aromatic rings. The monoisotopic (exact) mass is 448 g/mol. The second-order valence-corrected chi connectivity index (χ2v) is 6.52. The minimum absolute atomic E-state index is 0. The lowest BCUT2D eigenvalue weighted by atomic mass is 10.2. The van der Waals surface area contributed by atoms with Crippen LogP contribution in [0, 0.1) is 13.8 Å². The van der Waals surface area contributed by atoms with Gasteiger partial charge in [-0.25, -0.2) is 4.98 Å². The molecule has 0 aliphatic heterocycles. The normalized spacial score (nSPS) is 11.2. The van der Waals surface area contributed by atoms with E-state index >= 15 is 0 Å². The Morgan fingerprint density at radius 3 is 2.70 bits per heavy atom. The molecule has 6 nitrogen and oxygen atoms in total. The summed E-state index contributed by atoms with van der Waals surface area (Å²) in [5.74, 6) is 0.816. The molecule has 23 heavy (non-hydrogen) atoms. The molecule has 0 unspecified atom stereocenters. The molecule has 0 saturated carbocycles. The summed E-state index contributed by atoms with van der Waals surface area (Å²) in [6.45, 7) is 5.73. The van der Waals surface area contributed by atoms with Crippen molar-refractivity contribution in [3.05, 3.63) is 33.5 Å². The Bertz CT molecular complexity index is 614. The summed E-state index contributed by atoms with van der Waals surface area (Å²) in [6, 6.07) is 0. The Labute approximate surface area is 158 Å². The number of aromatic nitrogens is 3. The topological polar surface area (TPSA) is 67.1 Å². The zero-order chi connectivity index (χ0) is 15.9. The molecule has 0 aromatic carbocycles. The maximum absolute atomic E-state index is 4.52. The summed E-state index contributed by atoms with van der Waals surface area (Å²) in [5.41, 5.74) is 2.38. The summed E-state index contributed by atoms with van der Waals surface area (Å²) < 4.78 is 1.83. The number of thiazole rings is 1. The first-order valence-electron chi connectivity index (χ1n) is 7.43. The zero-order valence-electron chi connectivity index (χ0n) is 14.1. The number of aryl methyl sites for hydroxylation is 4. The average molecular weight is 448 g/mol. The number of rotatable bonds is 6. The van der Waals surface area contributed by atoms with Crippen molar-refractivity contribution < 1.29 is 0 Å². The molecule has 0 bridgehead atoms. The standard InChI is InChI=1S/C15H24N6S.HI/c1-11-12(2)22-14(20-11)9-18-15(16-3)17-7-5-6-13-8-19-21(4)10-13;/h8,10H,5-7,9H2,1-4H3,(H2,16,17,18);1H. The SMILES string of the molecule is CN=C(NCCCc1cnn(C)c1)NCc1nc(C)c(C)s1.I. The van der Waals surface area contributed by atoms with Crippen LogP contribution in [-0.4, -0.2) is 34.3 Å². The largest absolute Gasteiger partial charge is 0.356 e. The lowest BCUT2D eigenvalue weighted by molar-refractivity contribution is 0.738. The molecule has 0 saturated heterocycles. The van der Waals surface area contributed by atoms with Gasteiger partial charge in [-0.05, 0) is 32.3 Å². The van der Waals surface area contributed by atoms with E-state index in [1.807, 2.05) is 24.9 Å². The van der Waals surface area contributed by atoms with Gasteiger partial charge in [-0.15, -0.1) is 35.3 Å². The van der Waals surface area contributed by atoms with Gasteiger partial charge in [-0.3, -0.25) is 9.67 Å². The minimum Gasteiger partial charge on any atom is -0.356 e. The third-order valence-corrected chi connectivity index (χ3v) is 4.47. The lowest BCUT2D eigenvalue weighted by Gasteiger charge is -2.10. The second-order valence-electron chi connectivity index (χ2n) is 5.23. The maximum Gasteiger partial charge on any atom is 0.191 e. The quantitative estimate of drug-likeness (QED) is 0.308. The minimum atomic E-state index is 0. The molecule has 0 aliphatic rings. The van der Waals surface area contributed by atoms with Gasteiger partial charge < -0.3 is 10.6 Å². The van der Waals surface area contributed by atoms with Crippen LogP contribution >= 0.6 is 35.3 Å². The molecule has 128 valence electrons. The molecule has 0 fully saturated rings. The average Bonchev–Trinajstić information content (AvgIpc) is 3.04. The molecule has 2 heterocycles. The number of hydrogen-bond donors (Lipinski definition) is 2. The van der Waals surface area contributed by atoms with Gasteiger partial charge >= 0.3 is 0 Å². The van der Waals surface area contributed by atoms with Crippen LogP contribution in [0.25, 0.3) is 0 Å². The highest BCUT2D eigenvalue weighted by atomic mass is 127. The Morgan fingerprint density at radius 1 is 1.35 bits per heavy atom. The van der Waals surface area contributed by atoms with E-state index < -0.39 is 0 Å². The van der Waals surface area contributed by atoms with E-state index in [0.29, 0.717) is 6.54 Å².